The smallest absolute Gasteiger partial charge is 0.193 e. The molecule has 1 N–H and O–H groups in total. The van der Waals surface area contributed by atoms with Crippen LogP contribution in [0.5, 0.6) is 5.75 Å². The van der Waals surface area contributed by atoms with Gasteiger partial charge in [0.05, 0.1) is 13.2 Å². The van der Waals surface area contributed by atoms with Crippen molar-refractivity contribution in [3.63, 3.8) is 0 Å². The van der Waals surface area contributed by atoms with Crippen molar-refractivity contribution in [3.05, 3.63) is 29.8 Å². The molecule has 6 heteroatoms. The van der Waals surface area contributed by atoms with Crippen LogP contribution in [0.4, 0.5) is 0 Å². The van der Waals surface area contributed by atoms with Gasteiger partial charge < -0.3 is 19.7 Å². The van der Waals surface area contributed by atoms with Crippen molar-refractivity contribution in [1.29, 1.82) is 0 Å². The second-order valence-corrected chi connectivity index (χ2v) is 5.88. The normalized spacial score (nSPS) is 11.2. The van der Waals surface area contributed by atoms with Crippen molar-refractivity contribution in [2.24, 2.45) is 10.9 Å². The Morgan fingerprint density at radius 1 is 1.25 bits per heavy atom. The van der Waals surface area contributed by atoms with E-state index in [1.165, 1.54) is 5.56 Å². The Labute approximate surface area is 163 Å². The van der Waals surface area contributed by atoms with Crippen molar-refractivity contribution in [3.8, 4) is 5.75 Å². The van der Waals surface area contributed by atoms with Gasteiger partial charge in [0.1, 0.15) is 5.75 Å². The van der Waals surface area contributed by atoms with Crippen LogP contribution >= 0.6 is 24.0 Å². The van der Waals surface area contributed by atoms with E-state index in [4.69, 9.17) is 9.47 Å². The van der Waals surface area contributed by atoms with Crippen LogP contribution in [0.2, 0.25) is 0 Å². The third-order valence-electron chi connectivity index (χ3n) is 3.21. The lowest BCUT2D eigenvalue weighted by atomic mass is 10.2. The molecule has 0 aliphatic rings. The fourth-order valence-electron chi connectivity index (χ4n) is 2.15. The maximum atomic E-state index is 5.57. The summed E-state index contributed by atoms with van der Waals surface area (Å²) in [5.74, 6) is 2.34. The molecule has 1 aromatic rings. The van der Waals surface area contributed by atoms with Crippen molar-refractivity contribution >= 4 is 29.9 Å². The van der Waals surface area contributed by atoms with E-state index < -0.39 is 0 Å². The van der Waals surface area contributed by atoms with Crippen LogP contribution < -0.4 is 10.1 Å². The second kappa shape index (κ2) is 13.3. The topological polar surface area (TPSA) is 46.1 Å². The zero-order valence-corrected chi connectivity index (χ0v) is 17.9. The van der Waals surface area contributed by atoms with Crippen molar-refractivity contribution in [2.45, 2.75) is 27.3 Å². The first-order chi connectivity index (χ1) is 11.1. The quantitative estimate of drug-likeness (QED) is 0.272. The minimum atomic E-state index is 0. The van der Waals surface area contributed by atoms with Crippen LogP contribution in [0.3, 0.4) is 0 Å². The molecule has 0 heterocycles. The van der Waals surface area contributed by atoms with E-state index >= 15 is 0 Å². The molecule has 0 aliphatic carbocycles. The van der Waals surface area contributed by atoms with E-state index in [0.717, 1.165) is 31.4 Å². The zero-order valence-electron chi connectivity index (χ0n) is 15.5. The maximum Gasteiger partial charge on any atom is 0.193 e. The van der Waals surface area contributed by atoms with Crippen molar-refractivity contribution in [2.75, 3.05) is 40.5 Å². The zero-order chi connectivity index (χ0) is 17.1. The van der Waals surface area contributed by atoms with E-state index in [1.54, 1.807) is 7.05 Å². The van der Waals surface area contributed by atoms with E-state index in [-0.39, 0.29) is 24.0 Å². The predicted molar refractivity (Wildman–Crippen MR) is 112 cm³/mol. The molecule has 1 rings (SSSR count). The molecule has 0 unspecified atom stereocenters. The summed E-state index contributed by atoms with van der Waals surface area (Å²) in [4.78, 5) is 6.41. The average Bonchev–Trinajstić information content (AvgIpc) is 2.52. The van der Waals surface area contributed by atoms with E-state index in [0.29, 0.717) is 19.1 Å². The number of guanidine groups is 1. The SMILES string of the molecule is CCOc1ccc(CN(C)C(=NC)NCCOCC(C)C)cc1.I. The Morgan fingerprint density at radius 2 is 1.92 bits per heavy atom. The summed E-state index contributed by atoms with van der Waals surface area (Å²) >= 11 is 0. The lowest BCUT2D eigenvalue weighted by molar-refractivity contribution is 0.114. The van der Waals surface area contributed by atoms with Crippen LogP contribution in [0.25, 0.3) is 0 Å². The van der Waals surface area contributed by atoms with Gasteiger partial charge in [-0.3, -0.25) is 4.99 Å². The molecular formula is C18H32IN3O2. The minimum absolute atomic E-state index is 0. The Bertz CT molecular complexity index is 464. The maximum absolute atomic E-state index is 5.57. The largest absolute Gasteiger partial charge is 0.494 e. The molecule has 0 saturated carbocycles. The molecule has 138 valence electrons. The van der Waals surface area contributed by atoms with Gasteiger partial charge in [0.2, 0.25) is 0 Å². The number of benzene rings is 1. The van der Waals surface area contributed by atoms with E-state index in [2.05, 4.69) is 41.2 Å². The van der Waals surface area contributed by atoms with Gasteiger partial charge in [0.25, 0.3) is 0 Å². The summed E-state index contributed by atoms with van der Waals surface area (Å²) in [6, 6.07) is 8.17. The summed E-state index contributed by atoms with van der Waals surface area (Å²) in [7, 11) is 3.83. The Morgan fingerprint density at radius 3 is 2.46 bits per heavy atom. The lowest BCUT2D eigenvalue weighted by Gasteiger charge is -2.22. The lowest BCUT2D eigenvalue weighted by Crippen LogP contribution is -2.40. The summed E-state index contributed by atoms with van der Waals surface area (Å²) in [5, 5.41) is 3.32. The van der Waals surface area contributed by atoms with Crippen LogP contribution in [-0.2, 0) is 11.3 Å². The average molecular weight is 449 g/mol. The number of ether oxygens (including phenoxy) is 2. The number of aliphatic imine (C=N–C) groups is 1. The fourth-order valence-corrected chi connectivity index (χ4v) is 2.15. The monoisotopic (exact) mass is 449 g/mol. The molecule has 0 aromatic heterocycles. The molecule has 0 saturated heterocycles. The van der Waals surface area contributed by atoms with Gasteiger partial charge in [-0.1, -0.05) is 26.0 Å². The fraction of sp³-hybridized carbons (Fsp3) is 0.611. The highest BCUT2D eigenvalue weighted by Gasteiger charge is 2.06. The third kappa shape index (κ3) is 9.32. The number of halogens is 1. The number of nitrogens with one attached hydrogen (secondary N) is 1. The first-order valence-electron chi connectivity index (χ1n) is 8.28. The van der Waals surface area contributed by atoms with Crippen LogP contribution in [0, 0.1) is 5.92 Å². The number of hydrogen-bond donors (Lipinski definition) is 1. The molecule has 24 heavy (non-hydrogen) atoms. The van der Waals surface area contributed by atoms with Gasteiger partial charge in [-0.05, 0) is 30.5 Å². The minimum Gasteiger partial charge on any atom is -0.494 e. The summed E-state index contributed by atoms with van der Waals surface area (Å²) in [6.45, 7) is 10.0. The molecule has 5 nitrogen and oxygen atoms in total. The number of nitrogens with zero attached hydrogens (tertiary/aromatic N) is 2. The van der Waals surface area contributed by atoms with Gasteiger partial charge >= 0.3 is 0 Å². The third-order valence-corrected chi connectivity index (χ3v) is 3.21. The van der Waals surface area contributed by atoms with E-state index in [9.17, 15) is 0 Å². The summed E-state index contributed by atoms with van der Waals surface area (Å²) in [5.41, 5.74) is 1.22. The molecule has 0 fully saturated rings. The van der Waals surface area contributed by atoms with Gasteiger partial charge in [-0.15, -0.1) is 24.0 Å². The molecule has 0 amide bonds. The summed E-state index contributed by atoms with van der Waals surface area (Å²) in [6.07, 6.45) is 0. The van der Waals surface area contributed by atoms with Gasteiger partial charge in [0, 0.05) is 33.8 Å². The predicted octanol–water partition coefficient (Wildman–Crippen LogP) is 3.38. The number of rotatable bonds is 9. The first-order valence-corrected chi connectivity index (χ1v) is 8.28. The molecule has 0 aliphatic heterocycles. The Balaban J connectivity index is 0.00000529. The van der Waals surface area contributed by atoms with Gasteiger partial charge in [-0.25, -0.2) is 0 Å². The second-order valence-electron chi connectivity index (χ2n) is 5.88. The molecule has 1 aromatic carbocycles. The molecule has 0 atom stereocenters. The standard InChI is InChI=1S/C18H31N3O2.HI/c1-6-23-17-9-7-16(8-10-17)13-21(5)18(19-4)20-11-12-22-14-15(2)3;/h7-10,15H,6,11-14H2,1-5H3,(H,19,20);1H. The molecular weight excluding hydrogens is 417 g/mol. The van der Waals surface area contributed by atoms with E-state index in [1.807, 2.05) is 26.1 Å². The first kappa shape index (κ1) is 23.0. The summed E-state index contributed by atoms with van der Waals surface area (Å²) < 4.78 is 11.0. The highest BCUT2D eigenvalue weighted by molar-refractivity contribution is 14.0. The Hall–Kier alpha value is -1.02. The van der Waals surface area contributed by atoms with Crippen molar-refractivity contribution < 1.29 is 9.47 Å². The molecule has 0 radical (unpaired) electrons. The van der Waals surface area contributed by atoms with Crippen molar-refractivity contribution in [1.82, 2.24) is 10.2 Å². The van der Waals surface area contributed by atoms with Gasteiger partial charge in [-0.2, -0.15) is 0 Å². The van der Waals surface area contributed by atoms with Gasteiger partial charge in [0.15, 0.2) is 5.96 Å². The van der Waals surface area contributed by atoms with Crippen LogP contribution in [0.15, 0.2) is 29.3 Å². The molecule has 0 spiro atoms. The van der Waals surface area contributed by atoms with Crippen LogP contribution in [0.1, 0.15) is 26.3 Å². The number of hydrogen-bond acceptors (Lipinski definition) is 3. The van der Waals surface area contributed by atoms with Crippen LogP contribution in [-0.4, -0.2) is 51.3 Å². The molecule has 0 bridgehead atoms. The highest BCUT2D eigenvalue weighted by atomic mass is 127. The Kier molecular flexibility index (Phi) is 12.7. The highest BCUT2D eigenvalue weighted by Crippen LogP contribution is 2.13.